The number of hydrogen-bond acceptors (Lipinski definition) is 4. The summed E-state index contributed by atoms with van der Waals surface area (Å²) in [5.74, 6) is -0.235. The Kier molecular flexibility index (Phi) is 19.4. The maximum atomic E-state index is 11.5. The Bertz CT molecular complexity index is 497. The van der Waals surface area contributed by atoms with E-state index in [1.54, 1.807) is 6.92 Å². The van der Waals surface area contributed by atoms with Crippen LogP contribution >= 0.6 is 0 Å². The van der Waals surface area contributed by atoms with Gasteiger partial charge in [0.2, 0.25) is 5.91 Å². The maximum absolute atomic E-state index is 11.5. The van der Waals surface area contributed by atoms with Gasteiger partial charge in [0.25, 0.3) is 0 Å². The van der Waals surface area contributed by atoms with E-state index in [9.17, 15) is 14.4 Å². The molecule has 166 valence electrons. The Morgan fingerprint density at radius 1 is 0.690 bits per heavy atom. The highest BCUT2D eigenvalue weighted by Crippen LogP contribution is 2.09. The van der Waals surface area contributed by atoms with E-state index in [0.717, 1.165) is 44.9 Å². The van der Waals surface area contributed by atoms with Gasteiger partial charge in [0, 0.05) is 12.8 Å². The van der Waals surface area contributed by atoms with Gasteiger partial charge in [-0.05, 0) is 64.7 Å². The molecular weight excluding hydrogens is 366 g/mol. The van der Waals surface area contributed by atoms with Crippen molar-refractivity contribution in [3.05, 3.63) is 24.3 Å². The molecule has 29 heavy (non-hydrogen) atoms. The average Bonchev–Trinajstić information content (AvgIpc) is 2.70. The van der Waals surface area contributed by atoms with Crippen molar-refractivity contribution in [3.63, 3.8) is 0 Å². The molecule has 0 rings (SSSR count). The van der Waals surface area contributed by atoms with E-state index in [1.807, 2.05) is 0 Å². The summed E-state index contributed by atoms with van der Waals surface area (Å²) in [6, 6.07) is 0. The fraction of sp³-hybridized carbons (Fsp3) is 0.708. The molecule has 1 N–H and O–H groups in total. The van der Waals surface area contributed by atoms with Crippen molar-refractivity contribution in [2.75, 3.05) is 13.7 Å². The summed E-state index contributed by atoms with van der Waals surface area (Å²) in [5.41, 5.74) is 0. The zero-order valence-electron chi connectivity index (χ0n) is 18.5. The van der Waals surface area contributed by atoms with E-state index >= 15 is 0 Å². The number of carbonyl (C=O) groups excluding carboxylic acids is 3. The molecule has 0 aromatic heterocycles. The van der Waals surface area contributed by atoms with Crippen LogP contribution in [-0.2, 0) is 19.1 Å². The second-order valence-electron chi connectivity index (χ2n) is 7.48. The Morgan fingerprint density at radius 2 is 1.17 bits per heavy atom. The van der Waals surface area contributed by atoms with Gasteiger partial charge in [-0.1, -0.05) is 43.6 Å². The molecule has 1 amide bonds. The van der Waals surface area contributed by atoms with Gasteiger partial charge in [-0.3, -0.25) is 9.59 Å². The van der Waals surface area contributed by atoms with Gasteiger partial charge in [-0.15, -0.1) is 0 Å². The van der Waals surface area contributed by atoms with Crippen molar-refractivity contribution in [2.45, 2.75) is 96.8 Å². The molecule has 0 radical (unpaired) electrons. The monoisotopic (exact) mass is 407 g/mol. The van der Waals surface area contributed by atoms with Crippen LogP contribution in [0.3, 0.4) is 0 Å². The predicted molar refractivity (Wildman–Crippen MR) is 119 cm³/mol. The molecule has 0 aliphatic rings. The first kappa shape index (κ1) is 27.1. The average molecular weight is 408 g/mol. The lowest BCUT2D eigenvalue weighted by Gasteiger charge is -2.02. The van der Waals surface area contributed by atoms with Crippen LogP contribution in [0.2, 0.25) is 0 Å². The van der Waals surface area contributed by atoms with Crippen molar-refractivity contribution in [1.29, 1.82) is 0 Å². The topological polar surface area (TPSA) is 72.5 Å². The van der Waals surface area contributed by atoms with Crippen molar-refractivity contribution in [1.82, 2.24) is 5.32 Å². The molecular formula is C24H41NO4. The molecule has 0 aromatic carbocycles. The van der Waals surface area contributed by atoms with Crippen LogP contribution in [0.4, 0.5) is 0 Å². The number of esters is 1. The van der Waals surface area contributed by atoms with E-state index in [0.29, 0.717) is 12.2 Å². The smallest absolute Gasteiger partial charge is 0.325 e. The fourth-order valence-electron chi connectivity index (χ4n) is 2.87. The quantitative estimate of drug-likeness (QED) is 0.176. The molecule has 0 atom stereocenters. The van der Waals surface area contributed by atoms with Crippen LogP contribution in [0.15, 0.2) is 24.3 Å². The number of unbranched alkanes of at least 4 members (excludes halogenated alkanes) is 9. The molecule has 5 nitrogen and oxygen atoms in total. The Hall–Kier alpha value is -1.91. The highest BCUT2D eigenvalue weighted by molar-refractivity contribution is 5.81. The van der Waals surface area contributed by atoms with Crippen LogP contribution in [0.5, 0.6) is 0 Å². The zero-order chi connectivity index (χ0) is 21.6. The summed E-state index contributed by atoms with van der Waals surface area (Å²) in [5, 5.41) is 2.54. The van der Waals surface area contributed by atoms with Gasteiger partial charge in [-0.2, -0.15) is 0 Å². The van der Waals surface area contributed by atoms with Gasteiger partial charge in [0.1, 0.15) is 12.3 Å². The molecule has 0 bridgehead atoms. The summed E-state index contributed by atoms with van der Waals surface area (Å²) in [7, 11) is 1.31. The number of hydrogen-bond donors (Lipinski definition) is 1. The van der Waals surface area contributed by atoms with Crippen molar-refractivity contribution in [3.8, 4) is 0 Å². The summed E-state index contributed by atoms with van der Waals surface area (Å²) >= 11 is 0. The Labute approximate surface area is 177 Å². The number of carbonyl (C=O) groups is 3. The number of amides is 1. The lowest BCUT2D eigenvalue weighted by atomic mass is 10.1. The second kappa shape index (κ2) is 20.8. The van der Waals surface area contributed by atoms with Crippen molar-refractivity contribution in [2.24, 2.45) is 0 Å². The third-order valence-electron chi connectivity index (χ3n) is 4.66. The molecule has 0 unspecified atom stereocenters. The summed E-state index contributed by atoms with van der Waals surface area (Å²) in [6.07, 6.45) is 23.6. The van der Waals surface area contributed by atoms with Crippen LogP contribution in [0, 0.1) is 0 Å². The molecule has 0 heterocycles. The number of ether oxygens (including phenoxy) is 1. The first-order valence-corrected chi connectivity index (χ1v) is 11.2. The van der Waals surface area contributed by atoms with Crippen molar-refractivity contribution >= 4 is 17.7 Å². The van der Waals surface area contributed by atoms with E-state index in [2.05, 4.69) is 34.4 Å². The molecule has 0 saturated carbocycles. The van der Waals surface area contributed by atoms with Crippen LogP contribution < -0.4 is 5.32 Å². The maximum Gasteiger partial charge on any atom is 0.325 e. The minimum Gasteiger partial charge on any atom is -0.468 e. The number of rotatable bonds is 19. The predicted octanol–water partition coefficient (Wildman–Crippen LogP) is 5.44. The molecule has 0 saturated heterocycles. The van der Waals surface area contributed by atoms with Gasteiger partial charge in [0.05, 0.1) is 7.11 Å². The van der Waals surface area contributed by atoms with E-state index in [-0.39, 0.29) is 12.5 Å². The van der Waals surface area contributed by atoms with E-state index < -0.39 is 5.97 Å². The first-order valence-electron chi connectivity index (χ1n) is 11.2. The molecule has 0 aliphatic heterocycles. The minimum absolute atomic E-state index is 0.0519. The third kappa shape index (κ3) is 22.2. The summed E-state index contributed by atoms with van der Waals surface area (Å²) in [6.45, 7) is 1.61. The van der Waals surface area contributed by atoms with Crippen LogP contribution in [0.1, 0.15) is 96.8 Å². The highest BCUT2D eigenvalue weighted by atomic mass is 16.5. The number of nitrogens with one attached hydrogen (secondary N) is 1. The number of allylic oxidation sites excluding steroid dienone is 4. The minimum atomic E-state index is -0.424. The third-order valence-corrected chi connectivity index (χ3v) is 4.66. The van der Waals surface area contributed by atoms with Crippen molar-refractivity contribution < 1.29 is 19.1 Å². The molecule has 0 spiro atoms. The highest BCUT2D eigenvalue weighted by Gasteiger charge is 2.03. The number of Topliss-reactive ketones (excluding diaryl/α,β-unsaturated/α-hetero) is 1. The lowest BCUT2D eigenvalue weighted by molar-refractivity contribution is -0.141. The normalized spacial score (nSPS) is 11.2. The zero-order valence-corrected chi connectivity index (χ0v) is 18.5. The van der Waals surface area contributed by atoms with E-state index in [4.69, 9.17) is 0 Å². The molecule has 0 aromatic rings. The lowest BCUT2D eigenvalue weighted by Crippen LogP contribution is -2.29. The molecule has 0 fully saturated rings. The number of methoxy groups -OCH3 is 1. The van der Waals surface area contributed by atoms with Crippen LogP contribution in [-0.4, -0.2) is 31.3 Å². The Morgan fingerprint density at radius 3 is 1.69 bits per heavy atom. The van der Waals surface area contributed by atoms with Gasteiger partial charge < -0.3 is 14.8 Å². The van der Waals surface area contributed by atoms with Gasteiger partial charge >= 0.3 is 5.97 Å². The largest absolute Gasteiger partial charge is 0.468 e. The summed E-state index contributed by atoms with van der Waals surface area (Å²) < 4.78 is 4.47. The number of ketones is 1. The molecule has 0 aliphatic carbocycles. The van der Waals surface area contributed by atoms with Gasteiger partial charge in [0.15, 0.2) is 0 Å². The summed E-state index contributed by atoms with van der Waals surface area (Å²) in [4.78, 5) is 33.2. The van der Waals surface area contributed by atoms with Crippen LogP contribution in [0.25, 0.3) is 0 Å². The second-order valence-corrected chi connectivity index (χ2v) is 7.48. The first-order chi connectivity index (χ1) is 14.1. The van der Waals surface area contributed by atoms with E-state index in [1.165, 1.54) is 45.6 Å². The molecule has 5 heteroatoms. The van der Waals surface area contributed by atoms with Gasteiger partial charge in [-0.25, -0.2) is 0 Å². The fourth-order valence-corrected chi connectivity index (χ4v) is 2.87. The Balaban J connectivity index is 3.31. The SMILES string of the molecule is COC(=O)CNC(=O)CCC/C=C\CCCCCCC/C=C\CCCCC(C)=O. The standard InChI is InChI=1S/C24H41NO4/c1-22(26)19-17-15-13-11-9-7-5-3-4-6-8-10-12-14-16-18-20-23(27)25-21-24(28)29-2/h9,11-12,14H,3-8,10,13,15-21H2,1-2H3,(H,25,27)/b11-9-,14-12-.